The fourth-order valence-electron chi connectivity index (χ4n) is 1.58. The average molecular weight is 255 g/mol. The quantitative estimate of drug-likeness (QED) is 0.743. The van der Waals surface area contributed by atoms with Crippen molar-refractivity contribution >= 4 is 27.3 Å². The van der Waals surface area contributed by atoms with Crippen molar-refractivity contribution in [2.45, 2.75) is 13.8 Å². The first-order valence-electron chi connectivity index (χ1n) is 4.85. The molecule has 1 aliphatic rings. The Morgan fingerprint density at radius 1 is 1.21 bits per heavy atom. The Balaban J connectivity index is 2.34. The van der Waals surface area contributed by atoms with E-state index in [2.05, 4.69) is 58.6 Å². The van der Waals surface area contributed by atoms with Crippen LogP contribution in [-0.2, 0) is 0 Å². The summed E-state index contributed by atoms with van der Waals surface area (Å²) < 4.78 is 1.13. The smallest absolute Gasteiger partial charge is 0.0720 e. The number of hydrogen-bond donors (Lipinski definition) is 2. The molecule has 0 unspecified atom stereocenters. The fourth-order valence-corrected chi connectivity index (χ4v) is 2.08. The maximum absolute atomic E-state index is 3.55. The van der Waals surface area contributed by atoms with Crippen LogP contribution in [0.1, 0.15) is 13.8 Å². The van der Waals surface area contributed by atoms with E-state index in [1.54, 1.807) is 0 Å². The van der Waals surface area contributed by atoms with Crippen LogP contribution in [-0.4, -0.2) is 13.1 Å². The molecule has 2 N–H and O–H groups in total. The highest BCUT2D eigenvalue weighted by atomic mass is 79.9. The van der Waals surface area contributed by atoms with Gasteiger partial charge in [-0.1, -0.05) is 19.9 Å². The van der Waals surface area contributed by atoms with Crippen LogP contribution < -0.4 is 10.6 Å². The molecule has 0 spiro atoms. The SMILES string of the molecule is CC1(C)CNc2cccc(Br)c2NC1. The molecule has 1 heterocycles. The third-order valence-electron chi connectivity index (χ3n) is 2.51. The molecule has 1 aromatic carbocycles. The largest absolute Gasteiger partial charge is 0.383 e. The third-order valence-corrected chi connectivity index (χ3v) is 3.18. The van der Waals surface area contributed by atoms with Gasteiger partial charge in [0, 0.05) is 17.6 Å². The predicted octanol–water partition coefficient (Wildman–Crippen LogP) is 3.31. The average Bonchev–Trinajstić information content (AvgIpc) is 2.27. The van der Waals surface area contributed by atoms with Crippen molar-refractivity contribution in [3.8, 4) is 0 Å². The van der Waals surface area contributed by atoms with Gasteiger partial charge in [-0.3, -0.25) is 0 Å². The molecule has 0 aliphatic carbocycles. The van der Waals surface area contributed by atoms with E-state index in [9.17, 15) is 0 Å². The number of hydrogen-bond acceptors (Lipinski definition) is 2. The minimum absolute atomic E-state index is 0.290. The highest BCUT2D eigenvalue weighted by molar-refractivity contribution is 9.10. The van der Waals surface area contributed by atoms with Crippen molar-refractivity contribution in [1.82, 2.24) is 0 Å². The Bertz CT molecular complexity index is 347. The fraction of sp³-hybridized carbons (Fsp3) is 0.455. The van der Waals surface area contributed by atoms with Crippen LogP contribution in [0.3, 0.4) is 0 Å². The highest BCUT2D eigenvalue weighted by Crippen LogP contribution is 2.34. The zero-order chi connectivity index (χ0) is 10.2. The molecular weight excluding hydrogens is 240 g/mol. The number of benzene rings is 1. The van der Waals surface area contributed by atoms with Crippen molar-refractivity contribution in [1.29, 1.82) is 0 Å². The minimum Gasteiger partial charge on any atom is -0.383 e. The summed E-state index contributed by atoms with van der Waals surface area (Å²) >= 11 is 3.55. The van der Waals surface area contributed by atoms with Gasteiger partial charge in [0.25, 0.3) is 0 Å². The van der Waals surface area contributed by atoms with Crippen molar-refractivity contribution in [2.24, 2.45) is 5.41 Å². The topological polar surface area (TPSA) is 24.1 Å². The molecule has 1 aliphatic heterocycles. The second kappa shape index (κ2) is 3.46. The van der Waals surface area contributed by atoms with E-state index in [0.29, 0.717) is 5.41 Å². The van der Waals surface area contributed by atoms with E-state index in [1.807, 2.05) is 0 Å². The number of fused-ring (bicyclic) bond motifs is 1. The molecule has 3 heteroatoms. The summed E-state index contributed by atoms with van der Waals surface area (Å²) in [6, 6.07) is 6.22. The third kappa shape index (κ3) is 1.87. The molecule has 14 heavy (non-hydrogen) atoms. The zero-order valence-corrected chi connectivity index (χ0v) is 10.1. The number of rotatable bonds is 0. The van der Waals surface area contributed by atoms with Gasteiger partial charge in [0.1, 0.15) is 0 Å². The standard InChI is InChI=1S/C11H15BrN2/c1-11(2)6-13-9-5-3-4-8(12)10(9)14-7-11/h3-5,13-14H,6-7H2,1-2H3. The first kappa shape index (κ1) is 9.84. The Hall–Kier alpha value is -0.700. The predicted molar refractivity (Wildman–Crippen MR) is 64.9 cm³/mol. The summed E-state index contributed by atoms with van der Waals surface area (Å²) in [5.74, 6) is 0. The Labute approximate surface area is 93.2 Å². The van der Waals surface area contributed by atoms with Crippen molar-refractivity contribution in [2.75, 3.05) is 23.7 Å². The number of para-hydroxylation sites is 1. The maximum Gasteiger partial charge on any atom is 0.0720 e. The number of halogens is 1. The van der Waals surface area contributed by atoms with Crippen LogP contribution in [0, 0.1) is 5.41 Å². The number of anilines is 2. The van der Waals surface area contributed by atoms with Gasteiger partial charge >= 0.3 is 0 Å². The molecule has 0 aromatic heterocycles. The lowest BCUT2D eigenvalue weighted by atomic mass is 9.94. The van der Waals surface area contributed by atoms with E-state index in [1.165, 1.54) is 11.4 Å². The van der Waals surface area contributed by atoms with E-state index in [0.717, 1.165) is 17.6 Å². The zero-order valence-electron chi connectivity index (χ0n) is 8.52. The first-order chi connectivity index (χ1) is 6.58. The van der Waals surface area contributed by atoms with Crippen LogP contribution >= 0.6 is 15.9 Å². The number of nitrogens with one attached hydrogen (secondary N) is 2. The summed E-state index contributed by atoms with van der Waals surface area (Å²) in [6.45, 7) is 6.51. The Kier molecular flexibility index (Phi) is 2.43. The monoisotopic (exact) mass is 254 g/mol. The van der Waals surface area contributed by atoms with Crippen molar-refractivity contribution in [3.05, 3.63) is 22.7 Å². The van der Waals surface area contributed by atoms with Crippen LogP contribution in [0.25, 0.3) is 0 Å². The molecule has 0 bridgehead atoms. The lowest BCUT2D eigenvalue weighted by Gasteiger charge is -2.21. The van der Waals surface area contributed by atoms with Crippen LogP contribution in [0.2, 0.25) is 0 Å². The minimum atomic E-state index is 0.290. The van der Waals surface area contributed by atoms with Crippen molar-refractivity contribution < 1.29 is 0 Å². The molecular formula is C11H15BrN2. The van der Waals surface area contributed by atoms with E-state index >= 15 is 0 Å². The highest BCUT2D eigenvalue weighted by Gasteiger charge is 2.22. The molecule has 0 atom stereocenters. The second-order valence-electron chi connectivity index (χ2n) is 4.53. The molecule has 76 valence electrons. The summed E-state index contributed by atoms with van der Waals surface area (Å²) in [4.78, 5) is 0. The van der Waals surface area contributed by atoms with Gasteiger partial charge in [-0.25, -0.2) is 0 Å². The molecule has 0 saturated carbocycles. The lowest BCUT2D eigenvalue weighted by Crippen LogP contribution is -2.27. The van der Waals surface area contributed by atoms with Gasteiger partial charge in [-0.05, 0) is 33.5 Å². The molecule has 0 fully saturated rings. The lowest BCUT2D eigenvalue weighted by molar-refractivity contribution is 0.423. The van der Waals surface area contributed by atoms with Crippen LogP contribution in [0.15, 0.2) is 22.7 Å². The van der Waals surface area contributed by atoms with Gasteiger partial charge in [0.05, 0.1) is 11.4 Å². The summed E-state index contributed by atoms with van der Waals surface area (Å²) in [6.07, 6.45) is 0. The van der Waals surface area contributed by atoms with Crippen LogP contribution in [0.4, 0.5) is 11.4 Å². The van der Waals surface area contributed by atoms with Gasteiger partial charge in [-0.2, -0.15) is 0 Å². The molecule has 0 amide bonds. The van der Waals surface area contributed by atoms with E-state index < -0.39 is 0 Å². The molecule has 1 aromatic rings. The normalized spacial score (nSPS) is 18.8. The van der Waals surface area contributed by atoms with Crippen LogP contribution in [0.5, 0.6) is 0 Å². The second-order valence-corrected chi connectivity index (χ2v) is 5.39. The van der Waals surface area contributed by atoms with Gasteiger partial charge < -0.3 is 10.6 Å². The molecule has 0 saturated heterocycles. The Morgan fingerprint density at radius 2 is 1.93 bits per heavy atom. The summed E-state index contributed by atoms with van der Waals surface area (Å²) in [5.41, 5.74) is 2.65. The first-order valence-corrected chi connectivity index (χ1v) is 5.64. The van der Waals surface area contributed by atoms with Gasteiger partial charge in [-0.15, -0.1) is 0 Å². The maximum atomic E-state index is 3.55. The summed E-state index contributed by atoms with van der Waals surface area (Å²) in [7, 11) is 0. The Morgan fingerprint density at radius 3 is 2.71 bits per heavy atom. The molecule has 2 rings (SSSR count). The molecule has 2 nitrogen and oxygen atoms in total. The van der Waals surface area contributed by atoms with E-state index in [4.69, 9.17) is 0 Å². The van der Waals surface area contributed by atoms with E-state index in [-0.39, 0.29) is 0 Å². The summed E-state index contributed by atoms with van der Waals surface area (Å²) in [5, 5.41) is 6.94. The van der Waals surface area contributed by atoms with Gasteiger partial charge in [0.15, 0.2) is 0 Å². The van der Waals surface area contributed by atoms with Crippen molar-refractivity contribution in [3.63, 3.8) is 0 Å². The molecule has 0 radical (unpaired) electrons. The van der Waals surface area contributed by atoms with Gasteiger partial charge in [0.2, 0.25) is 0 Å².